The molecule has 6 aliphatic rings. The zero-order chi connectivity index (χ0) is 56.2. The van der Waals surface area contributed by atoms with Crippen LogP contribution in [0, 0.1) is 0 Å². The predicted octanol–water partition coefficient (Wildman–Crippen LogP) is -13.7. The molecule has 6 rings (SSSR count). The van der Waals surface area contributed by atoms with Gasteiger partial charge in [-0.2, -0.15) is 0 Å². The summed E-state index contributed by atoms with van der Waals surface area (Å²) < 4.78 is 62.8. The van der Waals surface area contributed by atoms with E-state index in [2.05, 4.69) is 16.0 Å². The Bertz CT molecular complexity index is 1870. The first-order chi connectivity index (χ1) is 35.9. The van der Waals surface area contributed by atoms with Gasteiger partial charge < -0.3 is 155 Å². The second-order valence-corrected chi connectivity index (χ2v) is 19.0. The second kappa shape index (κ2) is 27.2. The lowest BCUT2D eigenvalue weighted by molar-refractivity contribution is -0.377. The third kappa shape index (κ3) is 13.7. The molecule has 6 heterocycles. The zero-order valence-electron chi connectivity index (χ0n) is 40.9. The van der Waals surface area contributed by atoms with Crippen molar-refractivity contribution < 1.29 is 153 Å². The van der Waals surface area contributed by atoms with E-state index in [1.165, 1.54) is 0 Å². The normalized spacial score (nSPS) is 48.2. The molecule has 6 aliphatic heterocycles. The number of nitrogens with one attached hydrogen (secondary N) is 3. The van der Waals surface area contributed by atoms with Gasteiger partial charge in [0.1, 0.15) is 146 Å². The molecule has 0 bridgehead atoms. The van der Waals surface area contributed by atoms with Crippen LogP contribution in [0.4, 0.5) is 0 Å². The van der Waals surface area contributed by atoms with Gasteiger partial charge in [-0.3, -0.25) is 14.4 Å². The van der Waals surface area contributed by atoms with E-state index in [-0.39, 0.29) is 0 Å². The van der Waals surface area contributed by atoms with Crippen molar-refractivity contribution in [3.63, 3.8) is 0 Å². The minimum absolute atomic E-state index is 0.737. The number of rotatable bonds is 19. The van der Waals surface area contributed by atoms with E-state index in [0.717, 1.165) is 20.8 Å². The van der Waals surface area contributed by atoms with Gasteiger partial charge in [0.15, 0.2) is 37.7 Å². The Morgan fingerprint density at radius 1 is 0.342 bits per heavy atom. The minimum Gasteiger partial charge on any atom is -0.394 e. The molecular formula is C42H71N3O31. The molecule has 0 aromatic rings. The van der Waals surface area contributed by atoms with Crippen LogP contribution in [0.5, 0.6) is 0 Å². The van der Waals surface area contributed by atoms with Gasteiger partial charge in [-0.1, -0.05) is 0 Å². The molecule has 6 saturated heterocycles. The van der Waals surface area contributed by atoms with Crippen LogP contribution in [0.1, 0.15) is 20.8 Å². The predicted molar refractivity (Wildman–Crippen MR) is 234 cm³/mol. The average molecular weight is 1110 g/mol. The number of ether oxygens (including phenoxy) is 11. The molecule has 20 N–H and O–H groups in total. The Morgan fingerprint density at radius 3 is 1.20 bits per heavy atom. The molecule has 0 saturated carbocycles. The standard InChI is InChI=1S/C42H71N3O31/c1-10(51)43-19-27(59)33(17(8-50)71-39(19)76-36-26(58)16(7-49)70-42(32(36)64)74-34-20(44-11(2)52)37(65)67-14(5-47)24(34)56)73-41-31(63)29(61)23(55)18(72-41)9-66-38-21(45-12(3)53)35(25(57)15(6-48)68-38)75-40-30(62)28(60)22(54)13(4-46)69-40/h13-42,46-50,54-65H,4-9H2,1-3H3,(H,43,51)(H,44,52)(H,45,53)/t13-,14-,15-,16-,17-,18-,19-,20-,21-,22+,23+,24+,25-,26+,27-,28+,29-,30-,31-,32-,33-,34-,35-,36+,37?,38-,39+,40+,41+,42+/m1/s1. The molecule has 0 aromatic heterocycles. The molecule has 0 aromatic carbocycles. The van der Waals surface area contributed by atoms with Gasteiger partial charge in [0.05, 0.1) is 39.6 Å². The van der Waals surface area contributed by atoms with E-state index in [1.807, 2.05) is 0 Å². The summed E-state index contributed by atoms with van der Waals surface area (Å²) in [7, 11) is 0. The topological polar surface area (TPSA) is 533 Å². The van der Waals surface area contributed by atoms with Gasteiger partial charge in [-0.15, -0.1) is 0 Å². The summed E-state index contributed by atoms with van der Waals surface area (Å²) in [5.41, 5.74) is 0. The molecule has 6 fully saturated rings. The average Bonchev–Trinajstić information content (AvgIpc) is 3.37. The first-order valence-corrected chi connectivity index (χ1v) is 24.1. The fourth-order valence-corrected chi connectivity index (χ4v) is 9.62. The molecule has 0 aliphatic carbocycles. The van der Waals surface area contributed by atoms with Crippen LogP contribution in [0.3, 0.4) is 0 Å². The monoisotopic (exact) mass is 1110 g/mol. The third-order valence-electron chi connectivity index (χ3n) is 13.6. The van der Waals surface area contributed by atoms with Crippen LogP contribution in [0.2, 0.25) is 0 Å². The highest BCUT2D eigenvalue weighted by Gasteiger charge is 2.57. The van der Waals surface area contributed by atoms with E-state index < -0.39 is 241 Å². The largest absolute Gasteiger partial charge is 0.394 e. The summed E-state index contributed by atoms with van der Waals surface area (Å²) in [6.07, 6.45) is -50.5. The van der Waals surface area contributed by atoms with Gasteiger partial charge in [0.2, 0.25) is 17.7 Å². The van der Waals surface area contributed by atoms with Gasteiger partial charge in [0, 0.05) is 20.8 Å². The molecule has 0 spiro atoms. The van der Waals surface area contributed by atoms with Crippen molar-refractivity contribution in [3.8, 4) is 0 Å². The SMILES string of the molecule is CC(=O)N[C@H]1[C@H](O[C@H]2[C@@H](O)[C@@H](CO)O[C@@H](O[C@H]3[C@@H](O)[C@@H](CO)OC(O)[C@@H]3NC(C)=O)[C@@H]2O)O[C@H](CO)[C@@H](O[C@@H]2O[C@H](CO[C@@H]3O[C@H](CO)[C@@H](O)[C@H](O[C@@H]4O[C@H](CO)[C@H](O)[C@H](O)[C@H]4O)[C@H]3NC(C)=O)[C@H](O)[C@@H](O)[C@H]2O)[C@@H]1O. The summed E-state index contributed by atoms with van der Waals surface area (Å²) >= 11 is 0. The number of carbonyl (C=O) groups is 3. The number of hydrogen-bond donors (Lipinski definition) is 20. The van der Waals surface area contributed by atoms with Gasteiger partial charge in [-0.25, -0.2) is 0 Å². The van der Waals surface area contributed by atoms with Crippen molar-refractivity contribution in [3.05, 3.63) is 0 Å². The fourth-order valence-electron chi connectivity index (χ4n) is 9.62. The molecular weight excluding hydrogens is 1040 g/mol. The van der Waals surface area contributed by atoms with Crippen molar-refractivity contribution in [1.82, 2.24) is 16.0 Å². The maximum Gasteiger partial charge on any atom is 0.217 e. The lowest BCUT2D eigenvalue weighted by Crippen LogP contribution is -2.70. The number of hydrogen-bond acceptors (Lipinski definition) is 31. The number of aliphatic hydroxyl groups is 17. The molecule has 3 amide bonds. The van der Waals surface area contributed by atoms with Gasteiger partial charge in [-0.05, 0) is 0 Å². The molecule has 76 heavy (non-hydrogen) atoms. The van der Waals surface area contributed by atoms with Crippen LogP contribution < -0.4 is 16.0 Å². The quantitative estimate of drug-likeness (QED) is 0.0571. The van der Waals surface area contributed by atoms with Gasteiger partial charge in [0.25, 0.3) is 0 Å². The molecule has 0 radical (unpaired) electrons. The van der Waals surface area contributed by atoms with Crippen LogP contribution in [-0.4, -0.2) is 328 Å². The van der Waals surface area contributed by atoms with Crippen molar-refractivity contribution in [2.24, 2.45) is 0 Å². The van der Waals surface area contributed by atoms with E-state index in [0.29, 0.717) is 0 Å². The smallest absolute Gasteiger partial charge is 0.217 e. The highest BCUT2D eigenvalue weighted by molar-refractivity contribution is 5.74. The van der Waals surface area contributed by atoms with Crippen LogP contribution in [-0.2, 0) is 66.5 Å². The Hall–Kier alpha value is -2.71. The zero-order valence-corrected chi connectivity index (χ0v) is 40.9. The van der Waals surface area contributed by atoms with Crippen LogP contribution in [0.15, 0.2) is 0 Å². The highest BCUT2D eigenvalue weighted by Crippen LogP contribution is 2.36. The van der Waals surface area contributed by atoms with E-state index in [1.54, 1.807) is 0 Å². The van der Waals surface area contributed by atoms with E-state index >= 15 is 0 Å². The first-order valence-electron chi connectivity index (χ1n) is 24.1. The molecule has 1 unspecified atom stereocenters. The number of aliphatic hydroxyl groups excluding tert-OH is 17. The van der Waals surface area contributed by atoms with Gasteiger partial charge >= 0.3 is 0 Å². The summed E-state index contributed by atoms with van der Waals surface area (Å²) in [5.74, 6) is -2.38. The minimum atomic E-state index is -2.16. The Kier molecular flexibility index (Phi) is 22.3. The maximum atomic E-state index is 12.6. The lowest BCUT2D eigenvalue weighted by Gasteiger charge is -2.50. The third-order valence-corrected chi connectivity index (χ3v) is 13.6. The number of carbonyl (C=O) groups excluding carboxylic acids is 3. The van der Waals surface area contributed by atoms with E-state index in [4.69, 9.17) is 52.1 Å². The van der Waals surface area contributed by atoms with Crippen LogP contribution >= 0.6 is 0 Å². The van der Waals surface area contributed by atoms with Crippen molar-refractivity contribution in [2.75, 3.05) is 39.6 Å². The van der Waals surface area contributed by atoms with E-state index in [9.17, 15) is 101 Å². The lowest BCUT2D eigenvalue weighted by atomic mass is 9.94. The Labute approximate surface area is 431 Å². The fraction of sp³-hybridized carbons (Fsp3) is 0.929. The summed E-state index contributed by atoms with van der Waals surface area (Å²) in [4.78, 5) is 37.1. The summed E-state index contributed by atoms with van der Waals surface area (Å²) in [6.45, 7) is -2.45. The van der Waals surface area contributed by atoms with Crippen molar-refractivity contribution >= 4 is 17.7 Å². The molecule has 34 heteroatoms. The Balaban J connectivity index is 1.19. The maximum absolute atomic E-state index is 12.6. The molecule has 34 nitrogen and oxygen atoms in total. The van der Waals surface area contributed by atoms with Crippen LogP contribution in [0.25, 0.3) is 0 Å². The Morgan fingerprint density at radius 2 is 0.697 bits per heavy atom. The molecule has 440 valence electrons. The van der Waals surface area contributed by atoms with Crippen molar-refractivity contribution in [1.29, 1.82) is 0 Å². The highest BCUT2D eigenvalue weighted by atomic mass is 16.8. The first kappa shape index (κ1) is 62.5. The summed E-state index contributed by atoms with van der Waals surface area (Å²) in [6, 6.07) is -4.95. The summed E-state index contributed by atoms with van der Waals surface area (Å²) in [5, 5.41) is 189. The second-order valence-electron chi connectivity index (χ2n) is 19.0. The number of amides is 3. The van der Waals surface area contributed by atoms with Crippen molar-refractivity contribution in [2.45, 2.75) is 205 Å². The molecule has 30 atom stereocenters.